The Bertz CT molecular complexity index is 949. The lowest BCUT2D eigenvalue weighted by atomic mass is 10.1. The van der Waals surface area contributed by atoms with Gasteiger partial charge >= 0.3 is 0 Å². The predicted octanol–water partition coefficient (Wildman–Crippen LogP) is 4.54. The number of hydrogen-bond acceptors (Lipinski definition) is 3. The Morgan fingerprint density at radius 3 is 2.48 bits per heavy atom. The number of carbonyl (C=O) groups is 2. The van der Waals surface area contributed by atoms with Crippen LogP contribution in [-0.2, 0) is 17.9 Å². The molecule has 4 rings (SSSR count). The van der Waals surface area contributed by atoms with Crippen molar-refractivity contribution in [1.82, 2.24) is 9.47 Å². The number of nitrogens with zero attached hydrogens (tertiary/aromatic N) is 2. The quantitative estimate of drug-likeness (QED) is 0.677. The van der Waals surface area contributed by atoms with Crippen LogP contribution in [0, 0.1) is 0 Å². The molecule has 2 heterocycles. The van der Waals surface area contributed by atoms with Crippen molar-refractivity contribution < 1.29 is 9.59 Å². The number of carbonyl (C=O) groups excluding carboxylic acids is 2. The largest absolute Gasteiger partial charge is 0.343 e. The summed E-state index contributed by atoms with van der Waals surface area (Å²) in [5, 5.41) is 1.61. The number of benzene rings is 2. The molecule has 0 bridgehead atoms. The number of hydrogen-bond donors (Lipinski definition) is 0. The zero-order valence-electron chi connectivity index (χ0n) is 13.3. The van der Waals surface area contributed by atoms with Crippen LogP contribution >= 0.6 is 23.4 Å². The Hall–Kier alpha value is -2.24. The Morgan fingerprint density at radius 1 is 1.00 bits per heavy atom. The van der Waals surface area contributed by atoms with Crippen molar-refractivity contribution in [2.24, 2.45) is 0 Å². The second-order valence-corrected chi connectivity index (χ2v) is 7.32. The smallest absolute Gasteiger partial charge is 0.289 e. The maximum absolute atomic E-state index is 11.9. The lowest BCUT2D eigenvalue weighted by molar-refractivity contribution is -0.124. The van der Waals surface area contributed by atoms with Gasteiger partial charge in [0.2, 0.25) is 5.91 Å². The molecule has 1 aliphatic heterocycles. The molecule has 2 amide bonds. The van der Waals surface area contributed by atoms with Crippen molar-refractivity contribution in [3.05, 3.63) is 70.9 Å². The average molecular weight is 371 g/mol. The number of amides is 2. The van der Waals surface area contributed by atoms with Crippen LogP contribution in [-0.4, -0.2) is 26.4 Å². The third-order valence-corrected chi connectivity index (χ3v) is 5.42. The van der Waals surface area contributed by atoms with Gasteiger partial charge in [0.25, 0.3) is 5.24 Å². The third kappa shape index (κ3) is 3.17. The minimum Gasteiger partial charge on any atom is -0.343 e. The number of rotatable bonds is 4. The van der Waals surface area contributed by atoms with E-state index in [4.69, 9.17) is 11.6 Å². The molecule has 4 nitrogen and oxygen atoms in total. The second kappa shape index (κ2) is 6.58. The van der Waals surface area contributed by atoms with Gasteiger partial charge in [-0.15, -0.1) is 0 Å². The first-order valence-electron chi connectivity index (χ1n) is 7.90. The lowest BCUT2D eigenvalue weighted by Crippen LogP contribution is -2.27. The summed E-state index contributed by atoms with van der Waals surface area (Å²) in [6.07, 6.45) is 2.03. The van der Waals surface area contributed by atoms with Crippen molar-refractivity contribution in [3.8, 4) is 0 Å². The standard InChI is InChI=1S/C19H15ClN2O2S/c20-15-7-5-13(6-8-15)9-21-10-14(16-3-1-2-4-17(16)21)11-22-18(23)12-25-19(22)24/h1-8,10H,9,11-12H2. The maximum atomic E-state index is 11.9. The molecule has 6 heteroatoms. The average Bonchev–Trinajstić information content (AvgIpc) is 3.12. The van der Waals surface area contributed by atoms with Gasteiger partial charge in [-0.3, -0.25) is 14.5 Å². The minimum atomic E-state index is -0.167. The summed E-state index contributed by atoms with van der Waals surface area (Å²) in [5.41, 5.74) is 3.20. The summed E-state index contributed by atoms with van der Waals surface area (Å²) in [4.78, 5) is 25.2. The Kier molecular flexibility index (Phi) is 4.27. The molecular weight excluding hydrogens is 356 g/mol. The molecule has 1 saturated heterocycles. The van der Waals surface area contributed by atoms with E-state index in [1.54, 1.807) is 0 Å². The predicted molar refractivity (Wildman–Crippen MR) is 101 cm³/mol. The van der Waals surface area contributed by atoms with Gasteiger partial charge in [-0.05, 0) is 29.3 Å². The topological polar surface area (TPSA) is 42.3 Å². The van der Waals surface area contributed by atoms with Gasteiger partial charge in [-0.2, -0.15) is 0 Å². The van der Waals surface area contributed by atoms with Gasteiger partial charge in [-0.1, -0.05) is 53.7 Å². The molecule has 0 saturated carbocycles. The summed E-state index contributed by atoms with van der Waals surface area (Å²) in [7, 11) is 0. The highest BCUT2D eigenvalue weighted by Gasteiger charge is 2.30. The van der Waals surface area contributed by atoms with E-state index in [-0.39, 0.29) is 16.9 Å². The van der Waals surface area contributed by atoms with Crippen LogP contribution in [0.3, 0.4) is 0 Å². The van der Waals surface area contributed by atoms with Crippen LogP contribution in [0.5, 0.6) is 0 Å². The van der Waals surface area contributed by atoms with E-state index < -0.39 is 0 Å². The Morgan fingerprint density at radius 2 is 1.76 bits per heavy atom. The van der Waals surface area contributed by atoms with Crippen LogP contribution in [0.25, 0.3) is 10.9 Å². The first-order chi connectivity index (χ1) is 12.1. The van der Waals surface area contributed by atoms with Gasteiger partial charge in [0.05, 0.1) is 12.3 Å². The summed E-state index contributed by atoms with van der Waals surface area (Å²) in [6.45, 7) is 1.02. The molecule has 0 radical (unpaired) electrons. The fraction of sp³-hybridized carbons (Fsp3) is 0.158. The van der Waals surface area contributed by atoms with Gasteiger partial charge in [0, 0.05) is 28.7 Å². The molecule has 1 aliphatic rings. The molecule has 0 unspecified atom stereocenters. The fourth-order valence-corrected chi connectivity index (χ4v) is 3.92. The molecule has 0 spiro atoms. The molecule has 2 aromatic carbocycles. The van der Waals surface area contributed by atoms with Gasteiger partial charge < -0.3 is 4.57 Å². The molecule has 126 valence electrons. The number of halogens is 1. The number of thioether (sulfide) groups is 1. The maximum Gasteiger partial charge on any atom is 0.289 e. The van der Waals surface area contributed by atoms with Crippen molar-refractivity contribution in [2.75, 3.05) is 5.75 Å². The summed E-state index contributed by atoms with van der Waals surface area (Å²) in [5.74, 6) is 0.118. The highest BCUT2D eigenvalue weighted by atomic mass is 35.5. The van der Waals surface area contributed by atoms with Crippen molar-refractivity contribution in [1.29, 1.82) is 0 Å². The van der Waals surface area contributed by atoms with E-state index in [1.165, 1.54) is 4.90 Å². The summed E-state index contributed by atoms with van der Waals surface area (Å²) in [6, 6.07) is 15.8. The monoisotopic (exact) mass is 370 g/mol. The number of fused-ring (bicyclic) bond motifs is 1. The van der Waals surface area contributed by atoms with E-state index in [0.29, 0.717) is 18.1 Å². The van der Waals surface area contributed by atoms with E-state index in [1.807, 2.05) is 48.7 Å². The van der Waals surface area contributed by atoms with Gasteiger partial charge in [-0.25, -0.2) is 0 Å². The zero-order chi connectivity index (χ0) is 17.4. The zero-order valence-corrected chi connectivity index (χ0v) is 14.9. The molecule has 25 heavy (non-hydrogen) atoms. The van der Waals surface area contributed by atoms with Gasteiger partial charge in [0.15, 0.2) is 0 Å². The SMILES string of the molecule is O=C1CSC(=O)N1Cc1cn(Cc2ccc(Cl)cc2)c2ccccc12. The second-order valence-electron chi connectivity index (χ2n) is 5.96. The highest BCUT2D eigenvalue weighted by Crippen LogP contribution is 2.27. The van der Waals surface area contributed by atoms with E-state index >= 15 is 0 Å². The summed E-state index contributed by atoms with van der Waals surface area (Å²) < 4.78 is 2.14. The van der Waals surface area contributed by atoms with Crippen LogP contribution in [0.15, 0.2) is 54.7 Å². The Labute approximate surface area is 154 Å². The molecule has 1 fully saturated rings. The number of imide groups is 1. The third-order valence-electron chi connectivity index (χ3n) is 4.31. The molecular formula is C19H15ClN2O2S. The lowest BCUT2D eigenvalue weighted by Gasteiger charge is -2.11. The van der Waals surface area contributed by atoms with Gasteiger partial charge in [0.1, 0.15) is 0 Å². The number of aromatic nitrogens is 1. The van der Waals surface area contributed by atoms with Crippen molar-refractivity contribution in [2.45, 2.75) is 13.1 Å². The Balaban J connectivity index is 1.70. The van der Waals surface area contributed by atoms with Crippen LogP contribution in [0.4, 0.5) is 4.79 Å². The van der Waals surface area contributed by atoms with Crippen LogP contribution < -0.4 is 0 Å². The molecule has 3 aromatic rings. The fourth-order valence-electron chi connectivity index (χ4n) is 3.07. The molecule has 0 atom stereocenters. The van der Waals surface area contributed by atoms with E-state index in [9.17, 15) is 9.59 Å². The number of para-hydroxylation sites is 1. The minimum absolute atomic E-state index is 0.121. The molecule has 0 N–H and O–H groups in total. The van der Waals surface area contributed by atoms with Crippen LogP contribution in [0.1, 0.15) is 11.1 Å². The van der Waals surface area contributed by atoms with E-state index in [2.05, 4.69) is 10.6 Å². The van der Waals surface area contributed by atoms with Crippen molar-refractivity contribution >= 4 is 45.4 Å². The normalized spacial score (nSPS) is 14.7. The molecule has 0 aliphatic carbocycles. The van der Waals surface area contributed by atoms with E-state index in [0.717, 1.165) is 33.8 Å². The first kappa shape index (κ1) is 16.2. The molecule has 1 aromatic heterocycles. The summed E-state index contributed by atoms with van der Waals surface area (Å²) >= 11 is 7.03. The first-order valence-corrected chi connectivity index (χ1v) is 9.26. The van der Waals surface area contributed by atoms with Crippen LogP contribution in [0.2, 0.25) is 5.02 Å². The van der Waals surface area contributed by atoms with Crippen molar-refractivity contribution in [3.63, 3.8) is 0 Å². The highest BCUT2D eigenvalue weighted by molar-refractivity contribution is 8.14.